The first-order valence-corrected chi connectivity index (χ1v) is 13.7. The average Bonchev–Trinajstić information content (AvgIpc) is 3.78. The highest BCUT2D eigenvalue weighted by atomic mass is 32.1. The van der Waals surface area contributed by atoms with E-state index in [0.29, 0.717) is 40.4 Å². The van der Waals surface area contributed by atoms with Crippen molar-refractivity contribution in [2.45, 2.75) is 57.9 Å². The number of methoxy groups -OCH3 is 1. The van der Waals surface area contributed by atoms with Crippen molar-refractivity contribution in [3.05, 3.63) is 33.8 Å². The number of thiophene rings is 1. The minimum atomic E-state index is -0.0870. The molecule has 0 unspecified atom stereocenters. The van der Waals surface area contributed by atoms with Gasteiger partial charge in [-0.3, -0.25) is 20.4 Å². The second kappa shape index (κ2) is 10.6. The molecule has 3 aliphatic rings. The molecule has 192 valence electrons. The van der Waals surface area contributed by atoms with E-state index in [1.807, 2.05) is 13.0 Å². The number of aromatic nitrogens is 1. The van der Waals surface area contributed by atoms with Gasteiger partial charge in [-0.2, -0.15) is 0 Å². The summed E-state index contributed by atoms with van der Waals surface area (Å²) in [6.45, 7) is 2.58. The quantitative estimate of drug-likeness (QED) is 0.249. The summed E-state index contributed by atoms with van der Waals surface area (Å²) in [6, 6.07) is 3.73. The number of thiocarbonyl (C=S) groups is 1. The van der Waals surface area contributed by atoms with Crippen LogP contribution in [0.2, 0.25) is 0 Å². The topological polar surface area (TPSA) is 116 Å². The summed E-state index contributed by atoms with van der Waals surface area (Å²) in [5, 5.41) is 10.7. The Kier molecular flexibility index (Phi) is 7.29. The van der Waals surface area contributed by atoms with Crippen LogP contribution < -0.4 is 31.5 Å². The zero-order chi connectivity index (χ0) is 25.2. The predicted molar refractivity (Wildman–Crippen MR) is 145 cm³/mol. The van der Waals surface area contributed by atoms with Gasteiger partial charge in [0.15, 0.2) is 5.11 Å². The van der Waals surface area contributed by atoms with Crippen molar-refractivity contribution in [1.82, 2.24) is 21.0 Å². The Hall–Kier alpha value is -2.92. The number of hydrogen-bond acceptors (Lipinski definition) is 7. The van der Waals surface area contributed by atoms with Crippen molar-refractivity contribution in [2.75, 3.05) is 24.4 Å². The maximum Gasteiger partial charge on any atom is 0.254 e. The van der Waals surface area contributed by atoms with E-state index in [2.05, 4.69) is 31.8 Å². The smallest absolute Gasteiger partial charge is 0.254 e. The summed E-state index contributed by atoms with van der Waals surface area (Å²) in [5.74, 6) is 1.16. The highest BCUT2D eigenvalue weighted by Crippen LogP contribution is 2.40. The first kappa shape index (κ1) is 24.8. The van der Waals surface area contributed by atoms with Gasteiger partial charge in [-0.05, 0) is 81.6 Å². The lowest BCUT2D eigenvalue weighted by Gasteiger charge is -2.26. The zero-order valence-corrected chi connectivity index (χ0v) is 22.2. The Morgan fingerprint density at radius 2 is 2.00 bits per heavy atom. The molecule has 1 atom stereocenters. The molecular weight excluding hydrogens is 496 g/mol. The highest BCUT2D eigenvalue weighted by molar-refractivity contribution is 7.80. The number of amides is 2. The van der Waals surface area contributed by atoms with Crippen LogP contribution in [0.4, 0.5) is 10.7 Å². The minimum Gasteiger partial charge on any atom is -0.481 e. The van der Waals surface area contributed by atoms with E-state index in [1.54, 1.807) is 24.5 Å². The molecule has 0 spiro atoms. The molecule has 2 heterocycles. The third kappa shape index (κ3) is 5.89. The van der Waals surface area contributed by atoms with Crippen molar-refractivity contribution in [3.63, 3.8) is 0 Å². The van der Waals surface area contributed by atoms with Crippen molar-refractivity contribution in [1.29, 1.82) is 0 Å². The Morgan fingerprint density at radius 1 is 1.19 bits per heavy atom. The van der Waals surface area contributed by atoms with Crippen molar-refractivity contribution >= 4 is 51.2 Å². The third-order valence-electron chi connectivity index (χ3n) is 6.84. The zero-order valence-electron chi connectivity index (χ0n) is 20.5. The van der Waals surface area contributed by atoms with Crippen LogP contribution in [-0.2, 0) is 17.6 Å². The molecule has 0 saturated heterocycles. The summed E-state index contributed by atoms with van der Waals surface area (Å²) >= 11 is 7.07. The van der Waals surface area contributed by atoms with Crippen LogP contribution in [0.3, 0.4) is 0 Å². The molecule has 5 rings (SSSR count). The third-order valence-corrected chi connectivity index (χ3v) is 8.26. The van der Waals surface area contributed by atoms with E-state index in [4.69, 9.17) is 17.0 Å². The Bertz CT molecular complexity index is 1170. The average molecular weight is 529 g/mol. The van der Waals surface area contributed by atoms with Gasteiger partial charge < -0.3 is 20.7 Å². The van der Waals surface area contributed by atoms with E-state index in [9.17, 15) is 9.59 Å². The SMILES string of the molecule is COc1ccc(NNC(=S)N[C@H]2CCc3sc(NC(=O)C4CC4)c(C(=O)NCC4CC4)c3C2)c(C)n1. The minimum absolute atomic E-state index is 0.0271. The molecule has 2 aromatic rings. The summed E-state index contributed by atoms with van der Waals surface area (Å²) < 4.78 is 5.15. The van der Waals surface area contributed by atoms with Crippen LogP contribution in [0.25, 0.3) is 0 Å². The van der Waals surface area contributed by atoms with E-state index in [-0.39, 0.29) is 23.8 Å². The van der Waals surface area contributed by atoms with Crippen molar-refractivity contribution in [3.8, 4) is 5.88 Å². The van der Waals surface area contributed by atoms with Crippen LogP contribution in [0.15, 0.2) is 12.1 Å². The number of nitrogens with zero attached hydrogens (tertiary/aromatic N) is 1. The fourth-order valence-electron chi connectivity index (χ4n) is 4.37. The largest absolute Gasteiger partial charge is 0.481 e. The number of ether oxygens (including phenoxy) is 1. The molecule has 2 saturated carbocycles. The molecule has 0 radical (unpaired) electrons. The van der Waals surface area contributed by atoms with Gasteiger partial charge in [-0.25, -0.2) is 4.98 Å². The van der Waals surface area contributed by atoms with Crippen LogP contribution in [0, 0.1) is 18.8 Å². The van der Waals surface area contributed by atoms with Gasteiger partial charge in [0.05, 0.1) is 24.1 Å². The Balaban J connectivity index is 1.24. The maximum atomic E-state index is 13.2. The second-order valence-electron chi connectivity index (χ2n) is 9.77. The van der Waals surface area contributed by atoms with E-state index in [0.717, 1.165) is 42.6 Å². The summed E-state index contributed by atoms with van der Waals surface area (Å²) in [4.78, 5) is 31.3. The number of carbonyl (C=O) groups excluding carboxylic acids is 2. The molecule has 2 aromatic heterocycles. The predicted octanol–water partition coefficient (Wildman–Crippen LogP) is 3.30. The number of rotatable bonds is 9. The van der Waals surface area contributed by atoms with Crippen molar-refractivity contribution in [2.24, 2.45) is 11.8 Å². The van der Waals surface area contributed by atoms with Crippen LogP contribution in [-0.4, -0.2) is 41.6 Å². The molecular formula is C25H32N6O3S2. The van der Waals surface area contributed by atoms with Gasteiger partial charge in [-0.1, -0.05) is 0 Å². The van der Waals surface area contributed by atoms with Crippen LogP contribution in [0.1, 0.15) is 58.6 Å². The summed E-state index contributed by atoms with van der Waals surface area (Å²) in [5.41, 5.74) is 9.37. The standard InChI is InChI=1S/C25H32N6O3S2/c1-13-18(8-10-20(27-13)34-2)30-31-25(35)28-16-7-9-19-17(11-16)21(23(33)26-12-14-3-4-14)24(36-19)29-22(32)15-5-6-15/h8,10,14-16,30H,3-7,9,11-12H2,1-2H3,(H,26,33)(H,29,32)(H2,28,31,35)/t16-/m0/s1. The van der Waals surface area contributed by atoms with Gasteiger partial charge in [-0.15, -0.1) is 11.3 Å². The number of pyridine rings is 1. The molecule has 36 heavy (non-hydrogen) atoms. The van der Waals surface area contributed by atoms with Crippen LogP contribution in [0.5, 0.6) is 5.88 Å². The van der Waals surface area contributed by atoms with E-state index >= 15 is 0 Å². The molecule has 9 nitrogen and oxygen atoms in total. The fourth-order valence-corrected chi connectivity index (χ4v) is 5.83. The first-order valence-electron chi connectivity index (χ1n) is 12.5. The van der Waals surface area contributed by atoms with Crippen molar-refractivity contribution < 1.29 is 14.3 Å². The molecule has 0 aromatic carbocycles. The number of fused-ring (bicyclic) bond motifs is 1. The lowest BCUT2D eigenvalue weighted by atomic mass is 9.91. The van der Waals surface area contributed by atoms with Crippen LogP contribution >= 0.6 is 23.6 Å². The highest BCUT2D eigenvalue weighted by Gasteiger charge is 2.34. The molecule has 0 bridgehead atoms. The molecule has 3 aliphatic carbocycles. The summed E-state index contributed by atoms with van der Waals surface area (Å²) in [7, 11) is 1.58. The fraction of sp³-hybridized carbons (Fsp3) is 0.520. The van der Waals surface area contributed by atoms with E-state index < -0.39 is 0 Å². The number of hydrazine groups is 1. The van der Waals surface area contributed by atoms with Gasteiger partial charge in [0.1, 0.15) is 5.00 Å². The van der Waals surface area contributed by atoms with Gasteiger partial charge in [0.2, 0.25) is 11.8 Å². The lowest BCUT2D eigenvalue weighted by Crippen LogP contribution is -2.46. The normalized spacial score (nSPS) is 18.6. The Morgan fingerprint density at radius 3 is 2.69 bits per heavy atom. The number of hydrogen-bond donors (Lipinski definition) is 5. The Labute approximate surface area is 220 Å². The molecule has 11 heteroatoms. The maximum absolute atomic E-state index is 13.2. The number of aryl methyl sites for hydroxylation is 2. The molecule has 2 amide bonds. The summed E-state index contributed by atoms with van der Waals surface area (Å²) in [6.07, 6.45) is 6.58. The number of anilines is 2. The van der Waals surface area contributed by atoms with Gasteiger partial charge >= 0.3 is 0 Å². The van der Waals surface area contributed by atoms with Gasteiger partial charge in [0, 0.05) is 29.4 Å². The van der Waals surface area contributed by atoms with Gasteiger partial charge in [0.25, 0.3) is 5.91 Å². The number of nitrogens with one attached hydrogen (secondary N) is 5. The molecule has 5 N–H and O–H groups in total. The monoisotopic (exact) mass is 528 g/mol. The van der Waals surface area contributed by atoms with E-state index in [1.165, 1.54) is 17.7 Å². The number of carbonyl (C=O) groups is 2. The molecule has 0 aliphatic heterocycles. The first-order chi connectivity index (χ1) is 17.4. The second-order valence-corrected chi connectivity index (χ2v) is 11.3. The molecule has 2 fully saturated rings. The lowest BCUT2D eigenvalue weighted by molar-refractivity contribution is -0.117.